The van der Waals surface area contributed by atoms with Gasteiger partial charge in [-0.3, -0.25) is 0 Å². The first-order valence-electron chi connectivity index (χ1n) is 13.2. The van der Waals surface area contributed by atoms with Crippen LogP contribution in [-0.2, 0) is 24.7 Å². The summed E-state index contributed by atoms with van der Waals surface area (Å²) in [7, 11) is 0. The Labute approximate surface area is 233 Å². The lowest BCUT2D eigenvalue weighted by atomic mass is 9.85. The number of hydrogen-bond acceptors (Lipinski definition) is 2. The second-order valence-electron chi connectivity index (χ2n) is 11.0. The van der Waals surface area contributed by atoms with Gasteiger partial charge in [-0.2, -0.15) is 52.7 Å². The molecule has 4 N–H and O–H groups in total. The van der Waals surface area contributed by atoms with Gasteiger partial charge >= 0.3 is 35.5 Å². The highest BCUT2D eigenvalue weighted by Gasteiger charge is 2.90. The van der Waals surface area contributed by atoms with Crippen LogP contribution in [0.25, 0.3) is 0 Å². The van der Waals surface area contributed by atoms with Crippen LogP contribution in [0.4, 0.5) is 64.1 Å². The van der Waals surface area contributed by atoms with Crippen molar-refractivity contribution in [3.63, 3.8) is 0 Å². The molecule has 0 saturated heterocycles. The maximum Gasteiger partial charge on any atom is 0.385 e. The summed E-state index contributed by atoms with van der Waals surface area (Å²) >= 11 is 0. The number of aryl methyl sites for hydroxylation is 2. The van der Waals surface area contributed by atoms with E-state index in [1.807, 2.05) is 0 Å². The van der Waals surface area contributed by atoms with Gasteiger partial charge in [-0.1, -0.05) is 13.8 Å². The zero-order chi connectivity index (χ0) is 31.8. The Morgan fingerprint density at radius 2 is 0.810 bits per heavy atom. The van der Waals surface area contributed by atoms with Crippen LogP contribution in [0.3, 0.4) is 0 Å². The summed E-state index contributed by atoms with van der Waals surface area (Å²) in [6, 6.07) is 1.24. The molecule has 2 aliphatic rings. The average Bonchev–Trinajstić information content (AvgIpc) is 3.82. The smallest absolute Gasteiger partial charge is 0.385 e. The standard InChI is InChI=1S/C28H28F12N2/c1-3-13-9-17(11-19(21(13)41)15-5-6-15)23(29,30)25(33,34)27(37,38)28(39,40)26(35,36)24(31,32)18-10-14(4-2)22(42)20(12-18)16-7-8-16/h9-12,15-16H,3-8,41-42H2,1-2H3. The highest BCUT2D eigenvalue weighted by molar-refractivity contribution is 5.60. The molecule has 0 aromatic heterocycles. The number of benzene rings is 2. The van der Waals surface area contributed by atoms with Gasteiger partial charge < -0.3 is 11.5 Å². The van der Waals surface area contributed by atoms with E-state index in [-0.39, 0.29) is 58.6 Å². The molecule has 2 aliphatic carbocycles. The lowest BCUT2D eigenvalue weighted by Gasteiger charge is -2.41. The lowest BCUT2D eigenvalue weighted by Crippen LogP contribution is -2.69. The molecule has 0 atom stereocenters. The minimum Gasteiger partial charge on any atom is -0.398 e. The molecule has 2 aromatic carbocycles. The Bertz CT molecular complexity index is 1260. The number of alkyl halides is 12. The van der Waals surface area contributed by atoms with Crippen molar-refractivity contribution in [2.24, 2.45) is 0 Å². The largest absolute Gasteiger partial charge is 0.398 e. The van der Waals surface area contributed by atoms with Gasteiger partial charge in [0.05, 0.1) is 0 Å². The summed E-state index contributed by atoms with van der Waals surface area (Å²) in [6.07, 6.45) is 1.26. The van der Waals surface area contributed by atoms with Gasteiger partial charge in [0.2, 0.25) is 0 Å². The summed E-state index contributed by atoms with van der Waals surface area (Å²) < 4.78 is 179. The summed E-state index contributed by atoms with van der Waals surface area (Å²) in [6.45, 7) is 2.73. The fourth-order valence-corrected chi connectivity index (χ4v) is 5.04. The highest BCUT2D eigenvalue weighted by Crippen LogP contribution is 2.64. The van der Waals surface area contributed by atoms with Crippen LogP contribution in [0.15, 0.2) is 24.3 Å². The number of halogens is 12. The van der Waals surface area contributed by atoms with Crippen molar-refractivity contribution < 1.29 is 52.7 Å². The molecule has 0 unspecified atom stereocenters. The van der Waals surface area contributed by atoms with Crippen LogP contribution in [-0.4, -0.2) is 23.7 Å². The second-order valence-corrected chi connectivity index (χ2v) is 11.0. The van der Waals surface area contributed by atoms with E-state index in [0.717, 1.165) is 0 Å². The molecular weight excluding hydrogens is 592 g/mol. The highest BCUT2D eigenvalue weighted by atomic mass is 19.4. The van der Waals surface area contributed by atoms with Gasteiger partial charge in [0.1, 0.15) is 0 Å². The third-order valence-electron chi connectivity index (χ3n) is 8.09. The van der Waals surface area contributed by atoms with Crippen molar-refractivity contribution in [2.75, 3.05) is 11.5 Å². The Morgan fingerprint density at radius 3 is 1.05 bits per heavy atom. The molecule has 2 nitrogen and oxygen atoms in total. The molecule has 0 heterocycles. The summed E-state index contributed by atoms with van der Waals surface area (Å²) in [5.41, 5.74) is 7.11. The van der Waals surface area contributed by atoms with Gasteiger partial charge in [-0.15, -0.1) is 0 Å². The van der Waals surface area contributed by atoms with Gasteiger partial charge in [0.15, 0.2) is 0 Å². The predicted octanol–water partition coefficient (Wildman–Crippen LogP) is 9.16. The number of anilines is 2. The normalized spacial score (nSPS) is 17.6. The van der Waals surface area contributed by atoms with Gasteiger partial charge in [-0.25, -0.2) is 0 Å². The van der Waals surface area contributed by atoms with E-state index in [2.05, 4.69) is 0 Å². The first-order valence-corrected chi connectivity index (χ1v) is 13.2. The van der Waals surface area contributed by atoms with Crippen LogP contribution in [0.2, 0.25) is 0 Å². The second kappa shape index (κ2) is 9.87. The molecule has 2 saturated carbocycles. The van der Waals surface area contributed by atoms with Crippen molar-refractivity contribution >= 4 is 11.4 Å². The van der Waals surface area contributed by atoms with E-state index >= 15 is 17.6 Å². The molecule has 0 bridgehead atoms. The van der Waals surface area contributed by atoms with E-state index in [9.17, 15) is 35.1 Å². The van der Waals surface area contributed by atoms with E-state index in [4.69, 9.17) is 11.5 Å². The van der Waals surface area contributed by atoms with E-state index in [1.165, 1.54) is 13.8 Å². The van der Waals surface area contributed by atoms with Crippen molar-refractivity contribution in [3.05, 3.63) is 57.6 Å². The summed E-state index contributed by atoms with van der Waals surface area (Å²) in [5, 5.41) is 0. The first-order chi connectivity index (χ1) is 19.1. The summed E-state index contributed by atoms with van der Waals surface area (Å²) in [4.78, 5) is 0. The van der Waals surface area contributed by atoms with Crippen molar-refractivity contribution in [1.29, 1.82) is 0 Å². The Hall–Kier alpha value is -2.80. The Balaban J connectivity index is 1.80. The molecule has 2 fully saturated rings. The van der Waals surface area contributed by atoms with Crippen LogP contribution >= 0.6 is 0 Å². The zero-order valence-electron chi connectivity index (χ0n) is 22.4. The Kier molecular flexibility index (Phi) is 7.55. The maximum atomic E-state index is 15.1. The van der Waals surface area contributed by atoms with Gasteiger partial charge in [0.25, 0.3) is 0 Å². The van der Waals surface area contributed by atoms with Gasteiger partial charge in [0, 0.05) is 22.5 Å². The Morgan fingerprint density at radius 1 is 0.524 bits per heavy atom. The molecule has 14 heteroatoms. The number of hydrogen-bond donors (Lipinski definition) is 2. The summed E-state index contributed by atoms with van der Waals surface area (Å²) in [5.74, 6) is -43.3. The van der Waals surface area contributed by atoms with Crippen LogP contribution in [0.1, 0.15) is 84.7 Å². The SMILES string of the molecule is CCc1cc(C(F)(F)C(F)(F)C(F)(F)C(F)(F)C(F)(F)C(F)(F)c2cc(CC)c(N)c(C3CC3)c2)cc(C2CC2)c1N. The predicted molar refractivity (Wildman–Crippen MR) is 132 cm³/mol. The topological polar surface area (TPSA) is 52.0 Å². The zero-order valence-corrected chi connectivity index (χ0v) is 22.4. The quantitative estimate of drug-likeness (QED) is 0.195. The molecule has 42 heavy (non-hydrogen) atoms. The minimum atomic E-state index is -7.68. The molecule has 0 spiro atoms. The number of rotatable bonds is 11. The van der Waals surface area contributed by atoms with E-state index in [0.29, 0.717) is 37.8 Å². The maximum absolute atomic E-state index is 15.1. The molecule has 0 amide bonds. The monoisotopic (exact) mass is 620 g/mol. The molecule has 0 aliphatic heterocycles. The molecule has 2 aromatic rings. The fourth-order valence-electron chi connectivity index (χ4n) is 5.04. The average molecular weight is 621 g/mol. The third-order valence-corrected chi connectivity index (χ3v) is 8.09. The molecule has 0 radical (unpaired) electrons. The number of nitrogen functional groups attached to an aromatic ring is 2. The fraction of sp³-hybridized carbons (Fsp3) is 0.571. The van der Waals surface area contributed by atoms with Crippen LogP contribution in [0, 0.1) is 0 Å². The molecule has 234 valence electrons. The van der Waals surface area contributed by atoms with Crippen LogP contribution < -0.4 is 11.5 Å². The van der Waals surface area contributed by atoms with Crippen molar-refractivity contribution in [2.45, 2.75) is 99.7 Å². The third kappa shape index (κ3) is 4.49. The number of nitrogens with two attached hydrogens (primary N) is 2. The molecular formula is C28H28F12N2. The minimum absolute atomic E-state index is 0.0911. The van der Waals surface area contributed by atoms with Crippen LogP contribution in [0.5, 0.6) is 0 Å². The van der Waals surface area contributed by atoms with Crippen molar-refractivity contribution in [1.82, 2.24) is 0 Å². The van der Waals surface area contributed by atoms with E-state index < -0.39 is 58.5 Å². The van der Waals surface area contributed by atoms with E-state index in [1.54, 1.807) is 0 Å². The molecule has 4 rings (SSSR count). The lowest BCUT2D eigenvalue weighted by molar-refractivity contribution is -0.429. The van der Waals surface area contributed by atoms with Crippen molar-refractivity contribution in [3.8, 4) is 0 Å². The van der Waals surface area contributed by atoms with Gasteiger partial charge in [-0.05, 0) is 96.9 Å². The first kappa shape index (κ1) is 32.1.